The van der Waals surface area contributed by atoms with Gasteiger partial charge in [0.05, 0.1) is 6.10 Å². The van der Waals surface area contributed by atoms with Crippen LogP contribution in [0.5, 0.6) is 0 Å². The number of hydrogen-bond acceptors (Lipinski definition) is 7. The lowest BCUT2D eigenvalue weighted by atomic mass is 9.94. The lowest BCUT2D eigenvalue weighted by Crippen LogP contribution is -2.47. The Bertz CT molecular complexity index is 527. The van der Waals surface area contributed by atoms with Crippen molar-refractivity contribution in [2.45, 2.75) is 44.0 Å². The number of aliphatic hydroxyl groups excluding tert-OH is 2. The molecule has 0 unspecified atom stereocenters. The van der Waals surface area contributed by atoms with Crippen LogP contribution in [-0.2, 0) is 4.74 Å². The Kier molecular flexibility index (Phi) is 3.35. The molecular formula is C11H17N3O5. The van der Waals surface area contributed by atoms with Gasteiger partial charge in [-0.3, -0.25) is 4.57 Å². The average Bonchev–Trinajstić information content (AvgIpc) is 2.52. The van der Waals surface area contributed by atoms with Crippen LogP contribution in [-0.4, -0.2) is 48.8 Å². The van der Waals surface area contributed by atoms with E-state index in [1.807, 2.05) is 0 Å². The lowest BCUT2D eigenvalue weighted by molar-refractivity contribution is -0.103. The summed E-state index contributed by atoms with van der Waals surface area (Å²) in [6.45, 7) is 2.75. The summed E-state index contributed by atoms with van der Waals surface area (Å²) in [5.41, 5.74) is 2.94. The van der Waals surface area contributed by atoms with E-state index >= 15 is 0 Å². The predicted octanol–water partition coefficient (Wildman–Crippen LogP) is -1.78. The molecule has 0 spiro atoms. The number of nitrogens with zero attached hydrogens (tertiary/aromatic N) is 2. The molecule has 19 heavy (non-hydrogen) atoms. The third kappa shape index (κ3) is 2.23. The van der Waals surface area contributed by atoms with Gasteiger partial charge >= 0.3 is 5.69 Å². The maximum Gasteiger partial charge on any atom is 0.351 e. The van der Waals surface area contributed by atoms with Crippen LogP contribution < -0.4 is 11.4 Å². The molecule has 0 bridgehead atoms. The zero-order valence-electron chi connectivity index (χ0n) is 10.6. The number of ether oxygens (including phenoxy) is 1. The van der Waals surface area contributed by atoms with Gasteiger partial charge in [-0.25, -0.2) is 4.79 Å². The molecule has 2 heterocycles. The van der Waals surface area contributed by atoms with Crippen LogP contribution in [0, 0.1) is 0 Å². The second-order valence-electron chi connectivity index (χ2n) is 4.91. The largest absolute Gasteiger partial charge is 0.391 e. The maximum atomic E-state index is 11.7. The number of aromatic nitrogens is 2. The Balaban J connectivity index is 2.42. The first kappa shape index (κ1) is 13.9. The second-order valence-corrected chi connectivity index (χ2v) is 4.91. The Hall–Kier alpha value is -1.48. The van der Waals surface area contributed by atoms with Gasteiger partial charge < -0.3 is 25.8 Å². The van der Waals surface area contributed by atoms with Crippen molar-refractivity contribution in [1.29, 1.82) is 0 Å². The number of anilines is 1. The standard InChI is InChI=1S/C11H17N3O5/c1-5(15)7-8(16)11(2,18)9(19-7)14-4-3-6(12)13-10(14)17/h3-5,7-9,15-16,18H,1-2H3,(H2,12,13,17)/t5-,7+,8+,9+,11+/m0/s1. The molecule has 0 aliphatic carbocycles. The van der Waals surface area contributed by atoms with Crippen LogP contribution in [0.1, 0.15) is 20.1 Å². The first-order valence-corrected chi connectivity index (χ1v) is 5.83. The van der Waals surface area contributed by atoms with Crippen molar-refractivity contribution in [1.82, 2.24) is 9.55 Å². The Labute approximate surface area is 109 Å². The van der Waals surface area contributed by atoms with E-state index in [2.05, 4.69) is 4.98 Å². The summed E-state index contributed by atoms with van der Waals surface area (Å²) in [6, 6.07) is 1.38. The van der Waals surface area contributed by atoms with Gasteiger partial charge in [0.25, 0.3) is 0 Å². The zero-order chi connectivity index (χ0) is 14.4. The van der Waals surface area contributed by atoms with Crippen molar-refractivity contribution >= 4 is 5.82 Å². The molecule has 5 atom stereocenters. The van der Waals surface area contributed by atoms with Crippen molar-refractivity contribution in [3.05, 3.63) is 22.7 Å². The van der Waals surface area contributed by atoms with Crippen LogP contribution in [0.25, 0.3) is 0 Å². The summed E-state index contributed by atoms with van der Waals surface area (Å²) >= 11 is 0. The van der Waals surface area contributed by atoms with Crippen molar-refractivity contribution in [2.24, 2.45) is 0 Å². The molecule has 1 aliphatic rings. The van der Waals surface area contributed by atoms with Gasteiger partial charge in [0, 0.05) is 6.20 Å². The Morgan fingerprint density at radius 3 is 2.74 bits per heavy atom. The fourth-order valence-electron chi connectivity index (χ4n) is 2.17. The number of aliphatic hydroxyl groups is 3. The highest BCUT2D eigenvalue weighted by molar-refractivity contribution is 5.23. The number of rotatable bonds is 2. The third-order valence-electron chi connectivity index (χ3n) is 3.28. The van der Waals surface area contributed by atoms with Crippen LogP contribution in [0.4, 0.5) is 5.82 Å². The van der Waals surface area contributed by atoms with Crippen molar-refractivity contribution < 1.29 is 20.1 Å². The number of nitrogens with two attached hydrogens (primary N) is 1. The monoisotopic (exact) mass is 271 g/mol. The van der Waals surface area contributed by atoms with E-state index in [-0.39, 0.29) is 5.82 Å². The van der Waals surface area contributed by atoms with Crippen molar-refractivity contribution in [3.8, 4) is 0 Å². The van der Waals surface area contributed by atoms with Gasteiger partial charge in [0.1, 0.15) is 23.6 Å². The SMILES string of the molecule is C[C@H](O)[C@H]1O[C@@H](n2ccc(N)nc2=O)[C@](C)(O)[C@@H]1O. The van der Waals surface area contributed by atoms with E-state index in [0.717, 1.165) is 4.57 Å². The molecule has 8 nitrogen and oxygen atoms in total. The Morgan fingerprint density at radius 2 is 2.26 bits per heavy atom. The molecule has 0 saturated carbocycles. The molecule has 0 radical (unpaired) electrons. The minimum absolute atomic E-state index is 0.0477. The third-order valence-corrected chi connectivity index (χ3v) is 3.28. The first-order chi connectivity index (χ1) is 8.75. The van der Waals surface area contributed by atoms with E-state index in [4.69, 9.17) is 10.5 Å². The smallest absolute Gasteiger partial charge is 0.351 e. The zero-order valence-corrected chi connectivity index (χ0v) is 10.6. The van der Waals surface area contributed by atoms with Gasteiger partial charge in [-0.1, -0.05) is 0 Å². The molecule has 5 N–H and O–H groups in total. The summed E-state index contributed by atoms with van der Waals surface area (Å²) in [5.74, 6) is 0.0477. The topological polar surface area (TPSA) is 131 Å². The normalized spacial score (nSPS) is 36.4. The van der Waals surface area contributed by atoms with Crippen molar-refractivity contribution in [2.75, 3.05) is 5.73 Å². The van der Waals surface area contributed by atoms with E-state index in [9.17, 15) is 20.1 Å². The molecule has 1 aliphatic heterocycles. The molecule has 106 valence electrons. The predicted molar refractivity (Wildman–Crippen MR) is 65.1 cm³/mol. The van der Waals surface area contributed by atoms with Gasteiger partial charge in [-0.2, -0.15) is 4.98 Å². The summed E-state index contributed by atoms with van der Waals surface area (Å²) in [5, 5.41) is 29.8. The molecule has 0 amide bonds. The van der Waals surface area contributed by atoms with E-state index < -0.39 is 35.8 Å². The molecule has 2 rings (SSSR count). The van der Waals surface area contributed by atoms with E-state index in [1.165, 1.54) is 26.1 Å². The highest BCUT2D eigenvalue weighted by atomic mass is 16.6. The molecule has 8 heteroatoms. The molecule has 1 aromatic rings. The molecule has 1 aromatic heterocycles. The summed E-state index contributed by atoms with van der Waals surface area (Å²) < 4.78 is 6.42. The summed E-state index contributed by atoms with van der Waals surface area (Å²) in [6.07, 6.45) is -3.15. The highest BCUT2D eigenvalue weighted by Crippen LogP contribution is 2.38. The van der Waals surface area contributed by atoms with Crippen LogP contribution in [0.2, 0.25) is 0 Å². The van der Waals surface area contributed by atoms with Crippen LogP contribution in [0.15, 0.2) is 17.1 Å². The second kappa shape index (κ2) is 4.57. The van der Waals surface area contributed by atoms with Gasteiger partial charge in [0.2, 0.25) is 0 Å². The quantitative estimate of drug-likeness (QED) is 0.500. The highest BCUT2D eigenvalue weighted by Gasteiger charge is 2.54. The van der Waals surface area contributed by atoms with Crippen molar-refractivity contribution in [3.63, 3.8) is 0 Å². The summed E-state index contributed by atoms with van der Waals surface area (Å²) in [4.78, 5) is 15.3. The molecule has 1 saturated heterocycles. The van der Waals surface area contributed by atoms with E-state index in [0.29, 0.717) is 0 Å². The molecule has 0 aromatic carbocycles. The van der Waals surface area contributed by atoms with E-state index in [1.54, 1.807) is 0 Å². The van der Waals surface area contributed by atoms with Gasteiger partial charge in [0.15, 0.2) is 6.23 Å². The Morgan fingerprint density at radius 1 is 1.63 bits per heavy atom. The van der Waals surface area contributed by atoms with Gasteiger partial charge in [-0.15, -0.1) is 0 Å². The average molecular weight is 271 g/mol. The fraction of sp³-hybridized carbons (Fsp3) is 0.636. The summed E-state index contributed by atoms with van der Waals surface area (Å²) in [7, 11) is 0. The number of hydrogen-bond donors (Lipinski definition) is 4. The minimum Gasteiger partial charge on any atom is -0.391 e. The fourth-order valence-corrected chi connectivity index (χ4v) is 2.17. The molecule has 1 fully saturated rings. The lowest BCUT2D eigenvalue weighted by Gasteiger charge is -2.27. The maximum absolute atomic E-state index is 11.7. The van der Waals surface area contributed by atoms with Crippen LogP contribution in [0.3, 0.4) is 0 Å². The minimum atomic E-state index is -1.73. The number of nitrogen functional groups attached to an aromatic ring is 1. The first-order valence-electron chi connectivity index (χ1n) is 5.83. The van der Waals surface area contributed by atoms with Gasteiger partial charge in [-0.05, 0) is 19.9 Å². The molecular weight excluding hydrogens is 254 g/mol. The van der Waals surface area contributed by atoms with Crippen LogP contribution >= 0.6 is 0 Å².